The number of thioether (sulfide) groups is 1. The Kier molecular flexibility index (Phi) is 5.86. The van der Waals surface area contributed by atoms with Crippen LogP contribution in [-0.4, -0.2) is 22.5 Å². The van der Waals surface area contributed by atoms with E-state index in [0.717, 1.165) is 25.7 Å². The van der Waals surface area contributed by atoms with Gasteiger partial charge in [-0.15, -0.1) is 11.8 Å². The van der Waals surface area contributed by atoms with Crippen LogP contribution in [0.2, 0.25) is 0 Å². The zero-order chi connectivity index (χ0) is 14.3. The molecule has 0 aliphatic heterocycles. The second-order valence-corrected chi connectivity index (χ2v) is 5.99. The van der Waals surface area contributed by atoms with Gasteiger partial charge in [-0.3, -0.25) is 0 Å². The fourth-order valence-electron chi connectivity index (χ4n) is 2.69. The number of hydrogen-bond acceptors (Lipinski definition) is 6. The summed E-state index contributed by atoms with van der Waals surface area (Å²) in [6.45, 7) is 2.67. The SMILES string of the molecule is CCOC1(c2noc(CSCC#N)n2)CCCCCC1. The first-order valence-electron chi connectivity index (χ1n) is 7.22. The van der Waals surface area contributed by atoms with E-state index < -0.39 is 0 Å². The van der Waals surface area contributed by atoms with Gasteiger partial charge in [0.2, 0.25) is 11.7 Å². The Balaban J connectivity index is 2.10. The maximum Gasteiger partial charge on any atom is 0.236 e. The second-order valence-electron chi connectivity index (χ2n) is 5.00. The Bertz CT molecular complexity index is 448. The highest BCUT2D eigenvalue weighted by Gasteiger charge is 2.38. The molecule has 0 aromatic carbocycles. The molecule has 0 amide bonds. The van der Waals surface area contributed by atoms with Gasteiger partial charge in [0.25, 0.3) is 0 Å². The molecule has 2 rings (SSSR count). The first-order valence-corrected chi connectivity index (χ1v) is 8.38. The molecule has 1 aliphatic carbocycles. The van der Waals surface area contributed by atoms with Crippen LogP contribution in [-0.2, 0) is 16.1 Å². The predicted molar refractivity (Wildman–Crippen MR) is 77.1 cm³/mol. The topological polar surface area (TPSA) is 71.9 Å². The van der Waals surface area contributed by atoms with Gasteiger partial charge in [-0.25, -0.2) is 0 Å². The normalized spacial score (nSPS) is 18.4. The Labute approximate surface area is 124 Å². The minimum atomic E-state index is -0.368. The van der Waals surface area contributed by atoms with Gasteiger partial charge in [0, 0.05) is 6.61 Å². The maximum atomic E-state index is 8.54. The van der Waals surface area contributed by atoms with E-state index in [1.807, 2.05) is 6.92 Å². The molecule has 20 heavy (non-hydrogen) atoms. The second kappa shape index (κ2) is 7.65. The summed E-state index contributed by atoms with van der Waals surface area (Å²) in [7, 11) is 0. The third-order valence-corrected chi connectivity index (χ3v) is 4.38. The summed E-state index contributed by atoms with van der Waals surface area (Å²) in [6.07, 6.45) is 6.71. The van der Waals surface area contributed by atoms with E-state index in [1.165, 1.54) is 24.6 Å². The van der Waals surface area contributed by atoms with Gasteiger partial charge in [-0.2, -0.15) is 10.2 Å². The van der Waals surface area contributed by atoms with E-state index in [4.69, 9.17) is 14.5 Å². The van der Waals surface area contributed by atoms with Crippen LogP contribution in [0, 0.1) is 11.3 Å². The standard InChI is InChI=1S/C14H21N3O2S/c1-2-18-14(7-5-3-4-6-8-14)13-16-12(19-17-13)11-20-10-9-15/h2-8,10-11H2,1H3. The average molecular weight is 295 g/mol. The zero-order valence-corrected chi connectivity index (χ0v) is 12.7. The molecule has 6 heteroatoms. The summed E-state index contributed by atoms with van der Waals surface area (Å²) in [5, 5.41) is 12.7. The Hall–Kier alpha value is -1.06. The molecule has 1 aromatic heterocycles. The van der Waals surface area contributed by atoms with Gasteiger partial charge in [-0.05, 0) is 19.8 Å². The highest BCUT2D eigenvalue weighted by molar-refractivity contribution is 7.98. The highest BCUT2D eigenvalue weighted by Crippen LogP contribution is 2.38. The third-order valence-electron chi connectivity index (χ3n) is 3.60. The molecule has 0 atom stereocenters. The molecule has 0 saturated heterocycles. The molecular weight excluding hydrogens is 274 g/mol. The molecule has 1 saturated carbocycles. The third kappa shape index (κ3) is 3.74. The van der Waals surface area contributed by atoms with Crippen molar-refractivity contribution in [1.82, 2.24) is 10.1 Å². The van der Waals surface area contributed by atoms with Crippen molar-refractivity contribution in [3.05, 3.63) is 11.7 Å². The lowest BCUT2D eigenvalue weighted by Crippen LogP contribution is -2.30. The summed E-state index contributed by atoms with van der Waals surface area (Å²) in [5.74, 6) is 2.30. The summed E-state index contributed by atoms with van der Waals surface area (Å²) in [6, 6.07) is 2.09. The molecule has 0 radical (unpaired) electrons. The van der Waals surface area contributed by atoms with Crippen molar-refractivity contribution < 1.29 is 9.26 Å². The minimum absolute atomic E-state index is 0.368. The lowest BCUT2D eigenvalue weighted by atomic mass is 9.93. The summed E-state index contributed by atoms with van der Waals surface area (Å²) in [4.78, 5) is 4.51. The summed E-state index contributed by atoms with van der Waals surface area (Å²) >= 11 is 1.48. The number of ether oxygens (including phenoxy) is 1. The van der Waals surface area contributed by atoms with Crippen molar-refractivity contribution in [1.29, 1.82) is 5.26 Å². The maximum absolute atomic E-state index is 8.54. The average Bonchev–Trinajstić information content (AvgIpc) is 2.80. The van der Waals surface area contributed by atoms with Crippen LogP contribution in [0.15, 0.2) is 4.52 Å². The first-order chi connectivity index (χ1) is 9.80. The van der Waals surface area contributed by atoms with Crippen LogP contribution in [0.3, 0.4) is 0 Å². The van der Waals surface area contributed by atoms with Crippen molar-refractivity contribution in [3.8, 4) is 6.07 Å². The number of nitrogens with zero attached hydrogens (tertiary/aromatic N) is 3. The largest absolute Gasteiger partial charge is 0.367 e. The molecule has 0 bridgehead atoms. The fraction of sp³-hybridized carbons (Fsp3) is 0.786. The van der Waals surface area contributed by atoms with Crippen LogP contribution >= 0.6 is 11.8 Å². The van der Waals surface area contributed by atoms with Gasteiger partial charge in [0.05, 0.1) is 17.6 Å². The van der Waals surface area contributed by atoms with Crippen LogP contribution < -0.4 is 0 Å². The summed E-state index contributed by atoms with van der Waals surface area (Å²) in [5.41, 5.74) is -0.368. The van der Waals surface area contributed by atoms with Crippen molar-refractivity contribution in [2.45, 2.75) is 56.8 Å². The molecule has 0 spiro atoms. The number of aromatic nitrogens is 2. The Morgan fingerprint density at radius 1 is 1.35 bits per heavy atom. The summed E-state index contributed by atoms with van der Waals surface area (Å²) < 4.78 is 11.3. The molecule has 1 aliphatic rings. The van der Waals surface area contributed by atoms with Gasteiger partial charge in [0.15, 0.2) is 0 Å². The zero-order valence-electron chi connectivity index (χ0n) is 11.9. The molecule has 1 fully saturated rings. The van der Waals surface area contributed by atoms with Gasteiger partial charge >= 0.3 is 0 Å². The van der Waals surface area contributed by atoms with Gasteiger partial charge in [-0.1, -0.05) is 30.8 Å². The van der Waals surface area contributed by atoms with Gasteiger partial charge < -0.3 is 9.26 Å². The quantitative estimate of drug-likeness (QED) is 0.591. The fourth-order valence-corrected chi connectivity index (χ4v) is 3.18. The molecule has 5 nitrogen and oxygen atoms in total. The number of rotatable bonds is 6. The Morgan fingerprint density at radius 3 is 2.75 bits per heavy atom. The van der Waals surface area contributed by atoms with Crippen LogP contribution in [0.25, 0.3) is 0 Å². The molecule has 110 valence electrons. The molecule has 0 unspecified atom stereocenters. The van der Waals surface area contributed by atoms with E-state index in [0.29, 0.717) is 29.8 Å². The monoisotopic (exact) mass is 295 g/mol. The van der Waals surface area contributed by atoms with Crippen LogP contribution in [0.1, 0.15) is 57.2 Å². The smallest absolute Gasteiger partial charge is 0.236 e. The van der Waals surface area contributed by atoms with Crippen LogP contribution in [0.4, 0.5) is 0 Å². The van der Waals surface area contributed by atoms with Gasteiger partial charge in [0.1, 0.15) is 5.60 Å². The van der Waals surface area contributed by atoms with Crippen LogP contribution in [0.5, 0.6) is 0 Å². The van der Waals surface area contributed by atoms with E-state index >= 15 is 0 Å². The number of hydrogen-bond donors (Lipinski definition) is 0. The van der Waals surface area contributed by atoms with Crippen molar-refractivity contribution in [2.24, 2.45) is 0 Å². The predicted octanol–water partition coefficient (Wildman–Crippen LogP) is 3.41. The number of nitriles is 1. The van der Waals surface area contributed by atoms with Crippen molar-refractivity contribution in [2.75, 3.05) is 12.4 Å². The molecule has 1 aromatic rings. The van der Waals surface area contributed by atoms with E-state index in [1.54, 1.807) is 0 Å². The van der Waals surface area contributed by atoms with E-state index in [9.17, 15) is 0 Å². The van der Waals surface area contributed by atoms with Crippen molar-refractivity contribution >= 4 is 11.8 Å². The first kappa shape index (κ1) is 15.3. The molecular formula is C14H21N3O2S. The highest BCUT2D eigenvalue weighted by atomic mass is 32.2. The molecule has 1 heterocycles. The van der Waals surface area contributed by atoms with Crippen molar-refractivity contribution in [3.63, 3.8) is 0 Å². The Morgan fingerprint density at radius 2 is 2.10 bits per heavy atom. The van der Waals surface area contributed by atoms with E-state index in [2.05, 4.69) is 16.2 Å². The lowest BCUT2D eigenvalue weighted by Gasteiger charge is -2.29. The minimum Gasteiger partial charge on any atom is -0.367 e. The lowest BCUT2D eigenvalue weighted by molar-refractivity contribution is -0.0636. The van der Waals surface area contributed by atoms with E-state index in [-0.39, 0.29) is 5.60 Å². The molecule has 0 N–H and O–H groups in total.